The fourth-order valence-corrected chi connectivity index (χ4v) is 3.88. The zero-order valence-corrected chi connectivity index (χ0v) is 17.8. The molecule has 0 saturated carbocycles. The van der Waals surface area contributed by atoms with E-state index in [0.717, 1.165) is 33.3 Å². The van der Waals surface area contributed by atoms with E-state index in [0.29, 0.717) is 18.5 Å². The van der Waals surface area contributed by atoms with Crippen molar-refractivity contribution in [3.63, 3.8) is 0 Å². The number of urea groups is 1. The van der Waals surface area contributed by atoms with E-state index in [9.17, 15) is 9.18 Å². The van der Waals surface area contributed by atoms with Crippen LogP contribution in [0.5, 0.6) is 0 Å². The molecule has 1 heterocycles. The van der Waals surface area contributed by atoms with E-state index >= 15 is 0 Å². The molecule has 158 valence electrons. The Balaban J connectivity index is 1.57. The first kappa shape index (κ1) is 20.7. The summed E-state index contributed by atoms with van der Waals surface area (Å²) in [6.07, 6.45) is 2.65. The van der Waals surface area contributed by atoms with Gasteiger partial charge >= 0.3 is 6.03 Å². The predicted octanol–water partition coefficient (Wildman–Crippen LogP) is 6.20. The van der Waals surface area contributed by atoms with Crippen LogP contribution >= 0.6 is 0 Å². The Morgan fingerprint density at radius 3 is 2.42 bits per heavy atom. The highest BCUT2D eigenvalue weighted by atomic mass is 19.1. The molecule has 0 aliphatic heterocycles. The lowest BCUT2D eigenvalue weighted by Crippen LogP contribution is -2.36. The molecular weight excluding hydrogens is 389 g/mol. The molecule has 0 aliphatic carbocycles. The summed E-state index contributed by atoms with van der Waals surface area (Å²) in [6.45, 7) is 4.60. The Labute approximate surface area is 181 Å². The quantitative estimate of drug-likeness (QED) is 0.387. The van der Waals surface area contributed by atoms with Crippen LogP contribution in [-0.4, -0.2) is 22.5 Å². The van der Waals surface area contributed by atoms with E-state index in [4.69, 9.17) is 0 Å². The summed E-state index contributed by atoms with van der Waals surface area (Å²) in [5.74, 6) is -0.306. The van der Waals surface area contributed by atoms with E-state index < -0.39 is 0 Å². The van der Waals surface area contributed by atoms with Gasteiger partial charge in [0.1, 0.15) is 5.82 Å². The van der Waals surface area contributed by atoms with Crippen LogP contribution in [0, 0.1) is 19.7 Å². The monoisotopic (exact) mass is 415 g/mol. The van der Waals surface area contributed by atoms with Crippen LogP contribution in [0.2, 0.25) is 0 Å². The van der Waals surface area contributed by atoms with Crippen molar-refractivity contribution in [2.75, 3.05) is 11.9 Å². The number of aromatic nitrogens is 1. The van der Waals surface area contributed by atoms with Gasteiger partial charge in [0.2, 0.25) is 0 Å². The number of carbonyl (C=O) groups is 1. The molecule has 4 rings (SSSR count). The second-order valence-corrected chi connectivity index (χ2v) is 7.82. The summed E-state index contributed by atoms with van der Waals surface area (Å²) in [5.41, 5.74) is 5.50. The molecule has 31 heavy (non-hydrogen) atoms. The first-order chi connectivity index (χ1) is 15.0. The lowest BCUT2D eigenvalue weighted by atomic mass is 10.1. The van der Waals surface area contributed by atoms with E-state index in [1.54, 1.807) is 23.1 Å². The zero-order chi connectivity index (χ0) is 21.8. The van der Waals surface area contributed by atoms with Crippen molar-refractivity contribution in [1.82, 2.24) is 9.88 Å². The fraction of sp³-hybridized carbons (Fsp3) is 0.192. The van der Waals surface area contributed by atoms with Crippen molar-refractivity contribution >= 4 is 22.6 Å². The minimum Gasteiger partial charge on any atom is -0.361 e. The number of aromatic amines is 1. The number of hydrogen-bond acceptors (Lipinski definition) is 1. The molecule has 1 aromatic heterocycles. The Morgan fingerprint density at radius 2 is 1.65 bits per heavy atom. The van der Waals surface area contributed by atoms with Crippen molar-refractivity contribution in [1.29, 1.82) is 0 Å². The number of rotatable bonds is 6. The van der Waals surface area contributed by atoms with Crippen LogP contribution in [0.1, 0.15) is 22.3 Å². The smallest absolute Gasteiger partial charge is 0.322 e. The molecule has 0 spiro atoms. The van der Waals surface area contributed by atoms with E-state index in [1.165, 1.54) is 6.07 Å². The normalized spacial score (nSPS) is 10.9. The van der Waals surface area contributed by atoms with Gasteiger partial charge in [-0.05, 0) is 49.1 Å². The van der Waals surface area contributed by atoms with Crippen molar-refractivity contribution < 1.29 is 9.18 Å². The average Bonchev–Trinajstić information content (AvgIpc) is 3.18. The Hall–Kier alpha value is -3.60. The number of anilines is 1. The highest BCUT2D eigenvalue weighted by Crippen LogP contribution is 2.22. The molecule has 4 aromatic rings. The molecule has 2 N–H and O–H groups in total. The first-order valence-electron chi connectivity index (χ1n) is 10.4. The SMILES string of the molecule is Cc1cccc(C)c1NC(=O)N(CCc1c[nH]c2ccccc12)Cc1ccccc1F. The lowest BCUT2D eigenvalue weighted by Gasteiger charge is -2.24. The number of para-hydroxylation sites is 2. The van der Waals surface area contributed by atoms with Gasteiger partial charge < -0.3 is 15.2 Å². The van der Waals surface area contributed by atoms with Crippen molar-refractivity contribution in [3.8, 4) is 0 Å². The van der Waals surface area contributed by atoms with Gasteiger partial charge in [-0.15, -0.1) is 0 Å². The highest BCUT2D eigenvalue weighted by Gasteiger charge is 2.18. The van der Waals surface area contributed by atoms with Crippen LogP contribution in [0.3, 0.4) is 0 Å². The topological polar surface area (TPSA) is 48.1 Å². The maximum Gasteiger partial charge on any atom is 0.322 e. The van der Waals surface area contributed by atoms with Gasteiger partial charge in [-0.1, -0.05) is 54.6 Å². The standard InChI is InChI=1S/C26H26FN3O/c1-18-8-7-9-19(2)25(18)29-26(31)30(17-21-10-3-5-12-23(21)27)15-14-20-16-28-24-13-6-4-11-22(20)24/h3-13,16,28H,14-15,17H2,1-2H3,(H,29,31). The number of benzene rings is 3. The molecule has 0 aliphatic rings. The van der Waals surface area contributed by atoms with Crippen LogP contribution in [0.15, 0.2) is 72.9 Å². The number of nitrogens with one attached hydrogen (secondary N) is 2. The van der Waals surface area contributed by atoms with Crippen LogP contribution < -0.4 is 5.32 Å². The van der Waals surface area contributed by atoms with Crippen LogP contribution in [-0.2, 0) is 13.0 Å². The summed E-state index contributed by atoms with van der Waals surface area (Å²) in [4.78, 5) is 18.2. The van der Waals surface area contributed by atoms with Gasteiger partial charge in [0.15, 0.2) is 0 Å². The third kappa shape index (κ3) is 4.61. The van der Waals surface area contributed by atoms with Gasteiger partial charge in [-0.3, -0.25) is 0 Å². The Bertz CT molecular complexity index is 1190. The van der Waals surface area contributed by atoms with Gasteiger partial charge in [-0.2, -0.15) is 0 Å². The van der Waals surface area contributed by atoms with Gasteiger partial charge in [0, 0.05) is 34.9 Å². The number of carbonyl (C=O) groups excluding carboxylic acids is 1. The minimum absolute atomic E-state index is 0.200. The molecule has 0 radical (unpaired) electrons. The minimum atomic E-state index is -0.306. The van der Waals surface area contributed by atoms with Crippen molar-refractivity contribution in [2.24, 2.45) is 0 Å². The maximum absolute atomic E-state index is 14.3. The molecule has 0 fully saturated rings. The van der Waals surface area contributed by atoms with Crippen LogP contribution in [0.25, 0.3) is 10.9 Å². The molecule has 0 bridgehead atoms. The number of amides is 2. The third-order valence-corrected chi connectivity index (χ3v) is 5.65. The van der Waals surface area contributed by atoms with E-state index in [2.05, 4.69) is 16.4 Å². The molecule has 0 unspecified atom stereocenters. The molecular formula is C26H26FN3O. The fourth-order valence-electron chi connectivity index (χ4n) is 3.88. The predicted molar refractivity (Wildman–Crippen MR) is 124 cm³/mol. The molecule has 0 atom stereocenters. The zero-order valence-electron chi connectivity index (χ0n) is 17.8. The van der Waals surface area contributed by atoms with Crippen molar-refractivity contribution in [3.05, 3.63) is 101 Å². The van der Waals surface area contributed by atoms with E-state index in [1.807, 2.05) is 56.4 Å². The van der Waals surface area contributed by atoms with Gasteiger partial charge in [0.05, 0.1) is 6.54 Å². The molecule has 3 aromatic carbocycles. The highest BCUT2D eigenvalue weighted by molar-refractivity contribution is 5.91. The Morgan fingerprint density at radius 1 is 0.935 bits per heavy atom. The second kappa shape index (κ2) is 9.04. The second-order valence-electron chi connectivity index (χ2n) is 7.82. The number of nitrogens with zero attached hydrogens (tertiary/aromatic N) is 1. The average molecular weight is 416 g/mol. The number of aryl methyl sites for hydroxylation is 2. The molecule has 5 heteroatoms. The van der Waals surface area contributed by atoms with E-state index in [-0.39, 0.29) is 18.4 Å². The summed E-state index contributed by atoms with van der Waals surface area (Å²) in [7, 11) is 0. The summed E-state index contributed by atoms with van der Waals surface area (Å²) < 4.78 is 14.3. The number of H-pyrrole nitrogens is 1. The molecule has 0 saturated heterocycles. The number of hydrogen-bond donors (Lipinski definition) is 2. The summed E-state index contributed by atoms with van der Waals surface area (Å²) in [5, 5.41) is 4.18. The summed E-state index contributed by atoms with van der Waals surface area (Å²) in [6, 6.07) is 20.4. The van der Waals surface area contributed by atoms with Gasteiger partial charge in [0.25, 0.3) is 0 Å². The molecule has 2 amide bonds. The first-order valence-corrected chi connectivity index (χ1v) is 10.4. The summed E-state index contributed by atoms with van der Waals surface area (Å²) >= 11 is 0. The van der Waals surface area contributed by atoms with Crippen molar-refractivity contribution in [2.45, 2.75) is 26.8 Å². The number of halogens is 1. The lowest BCUT2D eigenvalue weighted by molar-refractivity contribution is 0.209. The maximum atomic E-state index is 14.3. The molecule has 4 nitrogen and oxygen atoms in total. The Kier molecular flexibility index (Phi) is 6.03. The van der Waals surface area contributed by atoms with Gasteiger partial charge in [-0.25, -0.2) is 9.18 Å². The largest absolute Gasteiger partial charge is 0.361 e. The number of fused-ring (bicyclic) bond motifs is 1. The van der Waals surface area contributed by atoms with Crippen LogP contribution in [0.4, 0.5) is 14.9 Å². The third-order valence-electron chi connectivity index (χ3n) is 5.65.